The second-order valence-corrected chi connectivity index (χ2v) is 11.0. The number of amides is 1. The zero-order valence-electron chi connectivity index (χ0n) is 25.3. The third kappa shape index (κ3) is 6.80. The molecule has 3 aromatic carbocycles. The standard InChI is InChI=1S/C35H38N4O4/c1-6-36-35(40)33-32(29-17-18-39(37-29)24(4)5)34(43-38-33)28-19-27(23(2)3)30(41-21-25-13-9-7-10-14-25)20-31(28)42-22-26-15-11-8-12-16-26/h7-20,23-24H,6,21-22H2,1-5H3,(H,36,40). The number of carbonyl (C=O) groups excluding carboxylic acids is 1. The molecule has 0 atom stereocenters. The molecule has 2 aromatic heterocycles. The van der Waals surface area contributed by atoms with Gasteiger partial charge in [-0.25, -0.2) is 0 Å². The maximum absolute atomic E-state index is 13.1. The first-order chi connectivity index (χ1) is 20.9. The highest BCUT2D eigenvalue weighted by molar-refractivity contribution is 6.02. The van der Waals surface area contributed by atoms with Crippen LogP contribution in [0.2, 0.25) is 0 Å². The van der Waals surface area contributed by atoms with Crippen molar-refractivity contribution in [3.63, 3.8) is 0 Å². The first-order valence-corrected chi connectivity index (χ1v) is 14.7. The summed E-state index contributed by atoms with van der Waals surface area (Å²) in [5.74, 6) is 1.49. The summed E-state index contributed by atoms with van der Waals surface area (Å²) in [6, 6.07) is 26.0. The van der Waals surface area contributed by atoms with Gasteiger partial charge in [-0.3, -0.25) is 9.48 Å². The lowest BCUT2D eigenvalue weighted by atomic mass is 9.95. The van der Waals surface area contributed by atoms with Gasteiger partial charge in [0.25, 0.3) is 5.91 Å². The summed E-state index contributed by atoms with van der Waals surface area (Å²) < 4.78 is 20.7. The van der Waals surface area contributed by atoms with Crippen LogP contribution in [0.4, 0.5) is 0 Å². The monoisotopic (exact) mass is 578 g/mol. The highest BCUT2D eigenvalue weighted by Crippen LogP contribution is 2.44. The van der Waals surface area contributed by atoms with Crippen LogP contribution in [-0.2, 0) is 13.2 Å². The number of hydrogen-bond acceptors (Lipinski definition) is 6. The van der Waals surface area contributed by atoms with Crippen LogP contribution in [0, 0.1) is 0 Å². The van der Waals surface area contributed by atoms with Crippen molar-refractivity contribution in [2.45, 2.75) is 59.8 Å². The Balaban J connectivity index is 1.65. The first-order valence-electron chi connectivity index (χ1n) is 14.7. The normalized spacial score (nSPS) is 11.2. The molecule has 0 bridgehead atoms. The number of aromatic nitrogens is 3. The third-order valence-corrected chi connectivity index (χ3v) is 7.09. The summed E-state index contributed by atoms with van der Waals surface area (Å²) in [6.07, 6.45) is 1.89. The number of carbonyl (C=O) groups is 1. The summed E-state index contributed by atoms with van der Waals surface area (Å²) in [5, 5.41) is 11.9. The number of hydrogen-bond donors (Lipinski definition) is 1. The number of benzene rings is 3. The van der Waals surface area contributed by atoms with Crippen LogP contribution < -0.4 is 14.8 Å². The van der Waals surface area contributed by atoms with Gasteiger partial charge in [-0.05, 0) is 55.5 Å². The zero-order valence-corrected chi connectivity index (χ0v) is 25.3. The maximum atomic E-state index is 13.1. The predicted octanol–water partition coefficient (Wildman–Crippen LogP) is 7.82. The number of ether oxygens (including phenoxy) is 2. The molecule has 8 heteroatoms. The Morgan fingerprint density at radius 1 is 0.884 bits per heavy atom. The van der Waals surface area contributed by atoms with E-state index in [1.807, 2.05) is 96.7 Å². The van der Waals surface area contributed by atoms with Gasteiger partial charge >= 0.3 is 0 Å². The van der Waals surface area contributed by atoms with Gasteiger partial charge in [0.05, 0.1) is 16.8 Å². The molecule has 0 unspecified atom stereocenters. The minimum absolute atomic E-state index is 0.127. The van der Waals surface area contributed by atoms with Crippen molar-refractivity contribution in [2.24, 2.45) is 0 Å². The van der Waals surface area contributed by atoms with Crippen molar-refractivity contribution in [1.29, 1.82) is 0 Å². The van der Waals surface area contributed by atoms with Crippen LogP contribution in [0.3, 0.4) is 0 Å². The SMILES string of the molecule is CCNC(=O)c1noc(-c2cc(C(C)C)c(OCc3ccccc3)cc2OCc2ccccc2)c1-c1ccn(C(C)C)n1. The van der Waals surface area contributed by atoms with Crippen LogP contribution in [0.1, 0.15) is 73.8 Å². The van der Waals surface area contributed by atoms with Crippen molar-refractivity contribution >= 4 is 5.91 Å². The molecule has 0 saturated heterocycles. The molecule has 1 N–H and O–H groups in total. The largest absolute Gasteiger partial charge is 0.488 e. The summed E-state index contributed by atoms with van der Waals surface area (Å²) in [7, 11) is 0. The molecule has 0 aliphatic heterocycles. The van der Waals surface area contributed by atoms with Crippen molar-refractivity contribution in [1.82, 2.24) is 20.3 Å². The van der Waals surface area contributed by atoms with Gasteiger partial charge in [0.1, 0.15) is 24.7 Å². The highest BCUT2D eigenvalue weighted by Gasteiger charge is 2.29. The fraction of sp³-hybridized carbons (Fsp3) is 0.286. The summed E-state index contributed by atoms with van der Waals surface area (Å²) in [6.45, 7) is 11.4. The zero-order chi connectivity index (χ0) is 30.3. The molecule has 0 fully saturated rings. The fourth-order valence-electron chi connectivity index (χ4n) is 4.79. The highest BCUT2D eigenvalue weighted by atomic mass is 16.5. The lowest BCUT2D eigenvalue weighted by molar-refractivity contribution is 0.0947. The summed E-state index contributed by atoms with van der Waals surface area (Å²) >= 11 is 0. The van der Waals surface area contributed by atoms with Crippen molar-refractivity contribution in [2.75, 3.05) is 6.54 Å². The van der Waals surface area contributed by atoms with Gasteiger partial charge in [0, 0.05) is 24.8 Å². The average Bonchev–Trinajstić information content (AvgIpc) is 3.68. The molecule has 0 spiro atoms. The van der Waals surface area contributed by atoms with Gasteiger partial charge in [-0.15, -0.1) is 0 Å². The second kappa shape index (κ2) is 13.4. The molecule has 5 rings (SSSR count). The molecule has 2 heterocycles. The van der Waals surface area contributed by atoms with Gasteiger partial charge < -0.3 is 19.3 Å². The molecule has 0 saturated carbocycles. The molecule has 0 aliphatic carbocycles. The number of nitrogens with zero attached hydrogens (tertiary/aromatic N) is 3. The quantitative estimate of drug-likeness (QED) is 0.162. The van der Waals surface area contributed by atoms with Crippen molar-refractivity contribution in [3.8, 4) is 34.1 Å². The molecule has 43 heavy (non-hydrogen) atoms. The summed E-state index contributed by atoms with van der Waals surface area (Å²) in [5.41, 5.74) is 5.02. The van der Waals surface area contributed by atoms with Gasteiger partial charge in [-0.1, -0.05) is 79.7 Å². The predicted molar refractivity (Wildman–Crippen MR) is 167 cm³/mol. The smallest absolute Gasteiger partial charge is 0.274 e. The molecule has 8 nitrogen and oxygen atoms in total. The van der Waals surface area contributed by atoms with Gasteiger partial charge in [-0.2, -0.15) is 5.10 Å². The Morgan fingerprint density at radius 2 is 1.51 bits per heavy atom. The molecule has 5 aromatic rings. The van der Waals surface area contributed by atoms with E-state index in [1.54, 1.807) is 0 Å². The van der Waals surface area contributed by atoms with Gasteiger partial charge in [0.2, 0.25) is 0 Å². The van der Waals surface area contributed by atoms with Gasteiger partial charge in [0.15, 0.2) is 11.5 Å². The average molecular weight is 579 g/mol. The van der Waals surface area contributed by atoms with Crippen molar-refractivity contribution < 1.29 is 18.8 Å². The van der Waals surface area contributed by atoms with Crippen LogP contribution in [0.5, 0.6) is 11.5 Å². The Bertz CT molecular complexity index is 1660. The Hall–Kier alpha value is -4.85. The Kier molecular flexibility index (Phi) is 9.25. The molecular formula is C35H38N4O4. The lowest BCUT2D eigenvalue weighted by Crippen LogP contribution is -2.23. The van der Waals surface area contributed by atoms with Crippen LogP contribution >= 0.6 is 0 Å². The molecular weight excluding hydrogens is 540 g/mol. The van der Waals surface area contributed by atoms with E-state index in [1.165, 1.54) is 0 Å². The molecule has 0 radical (unpaired) electrons. The van der Waals surface area contributed by atoms with E-state index >= 15 is 0 Å². The van der Waals surface area contributed by atoms with E-state index in [0.717, 1.165) is 22.4 Å². The van der Waals surface area contributed by atoms with E-state index < -0.39 is 0 Å². The lowest BCUT2D eigenvalue weighted by Gasteiger charge is -2.19. The minimum atomic E-state index is -0.328. The molecule has 0 aliphatic rings. The fourth-order valence-corrected chi connectivity index (χ4v) is 4.79. The Morgan fingerprint density at radius 3 is 2.07 bits per heavy atom. The van der Waals surface area contributed by atoms with E-state index in [9.17, 15) is 4.79 Å². The van der Waals surface area contributed by atoms with E-state index in [4.69, 9.17) is 19.1 Å². The first kappa shape index (κ1) is 29.6. The molecule has 222 valence electrons. The maximum Gasteiger partial charge on any atom is 0.274 e. The summed E-state index contributed by atoms with van der Waals surface area (Å²) in [4.78, 5) is 13.1. The van der Waals surface area contributed by atoms with E-state index in [0.29, 0.717) is 48.1 Å². The number of rotatable bonds is 12. The minimum Gasteiger partial charge on any atom is -0.488 e. The van der Waals surface area contributed by atoms with Crippen LogP contribution in [-0.4, -0.2) is 27.4 Å². The molecule has 1 amide bonds. The third-order valence-electron chi connectivity index (χ3n) is 7.09. The number of nitrogens with one attached hydrogen (secondary N) is 1. The Labute approximate surface area is 252 Å². The van der Waals surface area contributed by atoms with E-state index in [-0.39, 0.29) is 23.6 Å². The van der Waals surface area contributed by atoms with Crippen LogP contribution in [0.15, 0.2) is 89.6 Å². The van der Waals surface area contributed by atoms with Crippen LogP contribution in [0.25, 0.3) is 22.6 Å². The second-order valence-electron chi connectivity index (χ2n) is 11.0. The van der Waals surface area contributed by atoms with Crippen molar-refractivity contribution in [3.05, 3.63) is 107 Å². The topological polar surface area (TPSA) is 91.4 Å². The van der Waals surface area contributed by atoms with E-state index in [2.05, 4.69) is 38.2 Å².